The number of piperidine rings is 2. The van der Waals surface area contributed by atoms with Crippen molar-refractivity contribution in [3.63, 3.8) is 0 Å². The summed E-state index contributed by atoms with van der Waals surface area (Å²) in [5.41, 5.74) is 0.189. The normalized spacial score (nSPS) is 22.1. The second kappa shape index (κ2) is 9.66. The van der Waals surface area contributed by atoms with Crippen LogP contribution in [0.2, 0.25) is 0 Å². The molecule has 1 atom stereocenters. The second-order valence-corrected chi connectivity index (χ2v) is 10.9. The van der Waals surface area contributed by atoms with Gasteiger partial charge in [0.1, 0.15) is 28.9 Å². The molecule has 2 saturated heterocycles. The number of nitrogens with zero attached hydrogens (tertiary/aromatic N) is 3. The Hall–Kier alpha value is -2.84. The third-order valence-electron chi connectivity index (χ3n) is 7.26. The lowest BCUT2D eigenvalue weighted by Crippen LogP contribution is -2.52. The first-order valence-corrected chi connectivity index (χ1v) is 12.7. The summed E-state index contributed by atoms with van der Waals surface area (Å²) in [6.07, 6.45) is 3.90. The first kappa shape index (κ1) is 25.3. The van der Waals surface area contributed by atoms with E-state index >= 15 is 0 Å². The number of hydrogen-bond donors (Lipinski definition) is 0. The maximum atomic E-state index is 13.3. The highest BCUT2D eigenvalue weighted by atomic mass is 16.7. The van der Waals surface area contributed by atoms with E-state index in [0.29, 0.717) is 62.4 Å². The van der Waals surface area contributed by atoms with Crippen molar-refractivity contribution in [3.05, 3.63) is 23.2 Å². The molecule has 35 heavy (non-hydrogen) atoms. The van der Waals surface area contributed by atoms with Gasteiger partial charge in [0, 0.05) is 44.3 Å². The molecule has 0 aliphatic carbocycles. The van der Waals surface area contributed by atoms with Crippen LogP contribution in [0.1, 0.15) is 88.1 Å². The van der Waals surface area contributed by atoms with Crippen LogP contribution < -0.4 is 0 Å². The Balaban J connectivity index is 1.37. The molecule has 0 aromatic carbocycles. The van der Waals surface area contributed by atoms with Gasteiger partial charge in [0.2, 0.25) is 0 Å². The van der Waals surface area contributed by atoms with Gasteiger partial charge in [0.25, 0.3) is 11.8 Å². The molecule has 1 spiro atoms. The zero-order valence-corrected chi connectivity index (χ0v) is 21.5. The monoisotopic (exact) mass is 487 g/mol. The number of amides is 2. The zero-order chi connectivity index (χ0) is 25.4. The van der Waals surface area contributed by atoms with Crippen LogP contribution in [-0.4, -0.2) is 71.2 Å². The minimum atomic E-state index is -0.584. The maximum absolute atomic E-state index is 13.3. The van der Waals surface area contributed by atoms with E-state index in [2.05, 4.69) is 25.9 Å². The van der Waals surface area contributed by atoms with Gasteiger partial charge in [0.15, 0.2) is 0 Å². The Kier molecular flexibility index (Phi) is 6.97. The molecule has 3 aliphatic heterocycles. The van der Waals surface area contributed by atoms with E-state index in [-0.39, 0.29) is 29.8 Å². The summed E-state index contributed by atoms with van der Waals surface area (Å²) in [5, 5.41) is 4.15. The van der Waals surface area contributed by atoms with E-state index in [4.69, 9.17) is 14.0 Å². The number of furan rings is 1. The highest BCUT2D eigenvalue weighted by molar-refractivity contribution is 6.39. The Labute approximate surface area is 206 Å². The third kappa shape index (κ3) is 5.09. The van der Waals surface area contributed by atoms with Gasteiger partial charge in [-0.2, -0.15) is 0 Å². The second-order valence-electron chi connectivity index (χ2n) is 10.9. The molecule has 1 aromatic rings. The van der Waals surface area contributed by atoms with Crippen LogP contribution in [0.3, 0.4) is 0 Å². The molecule has 0 bridgehead atoms. The number of carbonyl (C=O) groups is 3. The molecule has 1 unspecified atom stereocenters. The molecule has 2 amide bonds. The molecule has 2 fully saturated rings. The van der Waals surface area contributed by atoms with Crippen LogP contribution >= 0.6 is 0 Å². The van der Waals surface area contributed by atoms with E-state index in [1.807, 2.05) is 17.9 Å². The van der Waals surface area contributed by atoms with Gasteiger partial charge in [-0.1, -0.05) is 25.9 Å². The van der Waals surface area contributed by atoms with Gasteiger partial charge in [-0.15, -0.1) is 0 Å². The average Bonchev–Trinajstić information content (AvgIpc) is 3.43. The number of rotatable bonds is 4. The topological polar surface area (TPSA) is 102 Å². The predicted molar refractivity (Wildman–Crippen MR) is 129 cm³/mol. The van der Waals surface area contributed by atoms with Gasteiger partial charge in [-0.05, 0) is 39.2 Å². The number of aryl methyl sites for hydroxylation is 1. The van der Waals surface area contributed by atoms with Gasteiger partial charge in [0.05, 0.1) is 12.2 Å². The molecule has 192 valence electrons. The summed E-state index contributed by atoms with van der Waals surface area (Å²) in [5.74, 6) is 0.776. The van der Waals surface area contributed by atoms with Gasteiger partial charge in [-0.25, -0.2) is 4.79 Å². The number of esters is 1. The van der Waals surface area contributed by atoms with Gasteiger partial charge < -0.3 is 23.8 Å². The Morgan fingerprint density at radius 2 is 1.86 bits per heavy atom. The molecular weight excluding hydrogens is 450 g/mol. The number of likely N-dealkylation sites (tertiary alicyclic amines) is 2. The van der Waals surface area contributed by atoms with Crippen molar-refractivity contribution in [2.45, 2.75) is 90.2 Å². The smallest absolute Gasteiger partial charge is 0.328 e. The van der Waals surface area contributed by atoms with E-state index < -0.39 is 11.6 Å². The van der Waals surface area contributed by atoms with E-state index in [1.54, 1.807) is 11.8 Å². The van der Waals surface area contributed by atoms with Crippen molar-refractivity contribution in [2.75, 3.05) is 26.2 Å². The molecular formula is C26H37N3O6. The summed E-state index contributed by atoms with van der Waals surface area (Å²) < 4.78 is 11.0. The fraction of sp³-hybridized carbons (Fsp3) is 0.692. The van der Waals surface area contributed by atoms with Crippen LogP contribution in [0.5, 0.6) is 0 Å². The minimum Gasteiger partial charge on any atom is -0.465 e. The molecule has 9 heteroatoms. The first-order valence-electron chi connectivity index (χ1n) is 12.7. The summed E-state index contributed by atoms with van der Waals surface area (Å²) in [6.45, 7) is 11.6. The molecule has 4 heterocycles. The Bertz CT molecular complexity index is 1010. The largest absolute Gasteiger partial charge is 0.465 e. The van der Waals surface area contributed by atoms with Crippen LogP contribution in [0.4, 0.5) is 0 Å². The van der Waals surface area contributed by atoms with Crippen LogP contribution in [0.15, 0.2) is 15.6 Å². The summed E-state index contributed by atoms with van der Waals surface area (Å²) in [7, 11) is 0. The fourth-order valence-corrected chi connectivity index (χ4v) is 5.08. The SMILES string of the molecule is CCOC(=O)C1CCCCN1C(=O)C1=NOC2(CCN(C(=O)c3cc(C(C)(C)C)oc3C)CC2)C1. The molecule has 4 rings (SSSR count). The van der Waals surface area contributed by atoms with Gasteiger partial charge >= 0.3 is 5.97 Å². The molecule has 0 radical (unpaired) electrons. The quantitative estimate of drug-likeness (QED) is 0.602. The van der Waals surface area contributed by atoms with Crippen molar-refractivity contribution in [1.29, 1.82) is 0 Å². The van der Waals surface area contributed by atoms with E-state index in [1.165, 1.54) is 0 Å². The first-order chi connectivity index (χ1) is 16.5. The molecule has 9 nitrogen and oxygen atoms in total. The van der Waals surface area contributed by atoms with Crippen LogP contribution in [0, 0.1) is 6.92 Å². The van der Waals surface area contributed by atoms with Crippen LogP contribution in [0.25, 0.3) is 0 Å². The molecule has 3 aliphatic rings. The number of ether oxygens (including phenoxy) is 1. The van der Waals surface area contributed by atoms with Crippen molar-refractivity contribution in [3.8, 4) is 0 Å². The molecule has 0 saturated carbocycles. The summed E-state index contributed by atoms with van der Waals surface area (Å²) in [6, 6.07) is 1.29. The fourth-order valence-electron chi connectivity index (χ4n) is 5.08. The number of hydrogen-bond acceptors (Lipinski definition) is 7. The van der Waals surface area contributed by atoms with E-state index in [9.17, 15) is 14.4 Å². The maximum Gasteiger partial charge on any atom is 0.328 e. The molecule has 1 aromatic heterocycles. The number of oxime groups is 1. The Morgan fingerprint density at radius 3 is 2.49 bits per heavy atom. The summed E-state index contributed by atoms with van der Waals surface area (Å²) in [4.78, 5) is 48.1. The lowest BCUT2D eigenvalue weighted by molar-refractivity contribution is -0.154. The van der Waals surface area contributed by atoms with Crippen molar-refractivity contribution in [2.24, 2.45) is 5.16 Å². The van der Waals surface area contributed by atoms with E-state index in [0.717, 1.165) is 18.6 Å². The lowest BCUT2D eigenvalue weighted by Gasteiger charge is -2.37. The average molecular weight is 488 g/mol. The highest BCUT2D eigenvalue weighted by Crippen LogP contribution is 2.36. The minimum absolute atomic E-state index is 0.0441. The van der Waals surface area contributed by atoms with Crippen LogP contribution in [-0.2, 0) is 24.6 Å². The number of carbonyl (C=O) groups excluding carboxylic acids is 3. The standard InChI is InChI=1S/C26H37N3O6/c1-6-33-24(32)20-9-7-8-12-29(20)23(31)19-16-26(35-27-19)10-13-28(14-11-26)22(30)18-15-21(25(3,4)5)34-17(18)2/h15,20H,6-14,16H2,1-5H3. The molecule has 0 N–H and O–H groups in total. The lowest BCUT2D eigenvalue weighted by atomic mass is 9.86. The van der Waals surface area contributed by atoms with Crippen molar-refractivity contribution < 1.29 is 28.4 Å². The zero-order valence-electron chi connectivity index (χ0n) is 21.5. The Morgan fingerprint density at radius 1 is 1.14 bits per heavy atom. The summed E-state index contributed by atoms with van der Waals surface area (Å²) >= 11 is 0. The highest BCUT2D eigenvalue weighted by Gasteiger charge is 2.47. The predicted octanol–water partition coefficient (Wildman–Crippen LogP) is 3.58. The third-order valence-corrected chi connectivity index (χ3v) is 7.26. The van der Waals surface area contributed by atoms with Crippen molar-refractivity contribution >= 4 is 23.5 Å². The van der Waals surface area contributed by atoms with Crippen molar-refractivity contribution in [1.82, 2.24) is 9.80 Å². The van der Waals surface area contributed by atoms with Gasteiger partial charge in [-0.3, -0.25) is 9.59 Å².